The van der Waals surface area contributed by atoms with Crippen LogP contribution in [0.25, 0.3) is 10.9 Å². The fraction of sp³-hybridized carbons (Fsp3) is 0.286. The minimum Gasteiger partial charge on any atom is -0.497 e. The van der Waals surface area contributed by atoms with Gasteiger partial charge in [-0.05, 0) is 36.8 Å². The first kappa shape index (κ1) is 18.6. The number of carbonyl (C=O) groups excluding carboxylic acids is 1. The van der Waals surface area contributed by atoms with Gasteiger partial charge >= 0.3 is 0 Å². The number of rotatable bonds is 6. The monoisotopic (exact) mass is 365 g/mol. The third-order valence-corrected chi connectivity index (χ3v) is 4.87. The molecular formula is C21H23N3O3. The first-order valence-electron chi connectivity index (χ1n) is 8.85. The van der Waals surface area contributed by atoms with Crippen LogP contribution in [0.15, 0.2) is 59.5 Å². The number of benzene rings is 2. The number of hydrogen-bond acceptors (Lipinski definition) is 4. The van der Waals surface area contributed by atoms with Crippen LogP contribution in [0.3, 0.4) is 0 Å². The van der Waals surface area contributed by atoms with Gasteiger partial charge in [-0.2, -0.15) is 5.10 Å². The van der Waals surface area contributed by atoms with Gasteiger partial charge in [0, 0.05) is 18.9 Å². The summed E-state index contributed by atoms with van der Waals surface area (Å²) in [5.74, 6) is 0.805. The fourth-order valence-electron chi connectivity index (χ4n) is 3.04. The maximum absolute atomic E-state index is 12.7. The Bertz CT molecular complexity index is 995. The van der Waals surface area contributed by atoms with Crippen molar-refractivity contribution < 1.29 is 9.53 Å². The first-order chi connectivity index (χ1) is 13.0. The Morgan fingerprint density at radius 3 is 2.59 bits per heavy atom. The Morgan fingerprint density at radius 2 is 1.89 bits per heavy atom. The highest BCUT2D eigenvalue weighted by molar-refractivity contribution is 5.79. The summed E-state index contributed by atoms with van der Waals surface area (Å²) in [5, 5.41) is 4.79. The van der Waals surface area contributed by atoms with Crippen molar-refractivity contribution in [3.63, 3.8) is 0 Å². The molecule has 0 saturated heterocycles. The lowest BCUT2D eigenvalue weighted by molar-refractivity contribution is -0.132. The lowest BCUT2D eigenvalue weighted by Gasteiger charge is -2.25. The molecule has 0 radical (unpaired) electrons. The van der Waals surface area contributed by atoms with Gasteiger partial charge in [0.1, 0.15) is 5.75 Å². The molecule has 27 heavy (non-hydrogen) atoms. The zero-order valence-corrected chi connectivity index (χ0v) is 15.8. The number of aryl methyl sites for hydroxylation is 1. The highest BCUT2D eigenvalue weighted by atomic mass is 16.5. The standard InChI is InChI=1S/C21H23N3O3/c1-15(16-8-10-17(27-3)11-9-16)23(2)21(26)12-13-24-19-7-5-4-6-18(19)20(25)14-22-24/h4-11,14-15H,12-13H2,1-3H3. The van der Waals surface area contributed by atoms with Crippen LogP contribution in [0.4, 0.5) is 0 Å². The maximum atomic E-state index is 12.7. The molecule has 3 rings (SSSR count). The van der Waals surface area contributed by atoms with Gasteiger partial charge in [-0.1, -0.05) is 24.3 Å². The van der Waals surface area contributed by atoms with Crippen molar-refractivity contribution in [3.8, 4) is 5.75 Å². The predicted molar refractivity (Wildman–Crippen MR) is 105 cm³/mol. The predicted octanol–water partition coefficient (Wildman–Crippen LogP) is 3.01. The molecule has 0 aliphatic heterocycles. The fourth-order valence-corrected chi connectivity index (χ4v) is 3.04. The average Bonchev–Trinajstić information content (AvgIpc) is 2.72. The van der Waals surface area contributed by atoms with Crippen molar-refractivity contribution >= 4 is 16.8 Å². The summed E-state index contributed by atoms with van der Waals surface area (Å²) in [6.07, 6.45) is 1.60. The van der Waals surface area contributed by atoms with Crippen molar-refractivity contribution in [2.75, 3.05) is 14.2 Å². The molecule has 0 bridgehead atoms. The number of amides is 1. The number of fused-ring (bicyclic) bond motifs is 1. The highest BCUT2D eigenvalue weighted by Crippen LogP contribution is 2.22. The molecule has 0 fully saturated rings. The van der Waals surface area contributed by atoms with Crippen molar-refractivity contribution in [2.45, 2.75) is 25.9 Å². The van der Waals surface area contributed by atoms with E-state index >= 15 is 0 Å². The van der Waals surface area contributed by atoms with E-state index in [0.29, 0.717) is 18.4 Å². The Balaban J connectivity index is 1.70. The minimum atomic E-state index is -0.113. The van der Waals surface area contributed by atoms with Crippen molar-refractivity contribution in [2.24, 2.45) is 0 Å². The number of para-hydroxylation sites is 1. The summed E-state index contributed by atoms with van der Waals surface area (Å²) in [7, 11) is 3.43. The van der Waals surface area contributed by atoms with Gasteiger partial charge in [0.15, 0.2) is 0 Å². The van der Waals surface area contributed by atoms with Crippen LogP contribution in [0.1, 0.15) is 24.9 Å². The third kappa shape index (κ3) is 4.00. The van der Waals surface area contributed by atoms with Gasteiger partial charge in [0.05, 0.1) is 31.4 Å². The van der Waals surface area contributed by atoms with E-state index in [2.05, 4.69) is 5.10 Å². The molecule has 0 aliphatic rings. The van der Waals surface area contributed by atoms with E-state index in [9.17, 15) is 9.59 Å². The molecule has 1 aromatic heterocycles. The van der Waals surface area contributed by atoms with Crippen LogP contribution < -0.4 is 10.2 Å². The van der Waals surface area contributed by atoms with Crippen LogP contribution in [0.5, 0.6) is 5.75 Å². The molecule has 1 heterocycles. The maximum Gasteiger partial charge on any atom is 0.224 e. The number of hydrogen-bond donors (Lipinski definition) is 0. The van der Waals surface area contributed by atoms with Gasteiger partial charge in [-0.15, -0.1) is 0 Å². The van der Waals surface area contributed by atoms with Crippen LogP contribution in [-0.2, 0) is 11.3 Å². The SMILES string of the molecule is COc1ccc(C(C)N(C)C(=O)CCn2ncc(=O)c3ccccc32)cc1. The number of ether oxygens (including phenoxy) is 1. The quantitative estimate of drug-likeness (QED) is 0.674. The van der Waals surface area contributed by atoms with Crippen molar-refractivity contribution in [1.29, 1.82) is 0 Å². The Kier molecular flexibility index (Phi) is 5.54. The van der Waals surface area contributed by atoms with Crippen molar-refractivity contribution in [1.82, 2.24) is 14.7 Å². The van der Waals surface area contributed by atoms with Gasteiger partial charge < -0.3 is 9.64 Å². The molecule has 0 N–H and O–H groups in total. The van der Waals surface area contributed by atoms with E-state index in [1.165, 1.54) is 6.20 Å². The topological polar surface area (TPSA) is 64.4 Å². The highest BCUT2D eigenvalue weighted by Gasteiger charge is 2.17. The van der Waals surface area contributed by atoms with E-state index < -0.39 is 0 Å². The molecule has 0 aliphatic carbocycles. The van der Waals surface area contributed by atoms with E-state index in [1.54, 1.807) is 29.8 Å². The summed E-state index contributed by atoms with van der Waals surface area (Å²) >= 11 is 0. The van der Waals surface area contributed by atoms with Gasteiger partial charge in [0.25, 0.3) is 0 Å². The number of carbonyl (C=O) groups is 1. The van der Waals surface area contributed by atoms with Gasteiger partial charge in [-0.3, -0.25) is 14.3 Å². The molecule has 2 aromatic carbocycles. The zero-order valence-electron chi connectivity index (χ0n) is 15.8. The van der Waals surface area contributed by atoms with Crippen LogP contribution in [0, 0.1) is 0 Å². The molecule has 140 valence electrons. The third-order valence-electron chi connectivity index (χ3n) is 4.87. The molecule has 1 atom stereocenters. The Morgan fingerprint density at radius 1 is 1.19 bits per heavy atom. The van der Waals surface area contributed by atoms with E-state index in [0.717, 1.165) is 16.8 Å². The molecule has 1 unspecified atom stereocenters. The Labute approximate surface area is 158 Å². The van der Waals surface area contributed by atoms with Crippen LogP contribution >= 0.6 is 0 Å². The van der Waals surface area contributed by atoms with E-state index in [4.69, 9.17) is 4.74 Å². The second kappa shape index (κ2) is 8.03. The number of nitrogens with zero attached hydrogens (tertiary/aromatic N) is 3. The lowest BCUT2D eigenvalue weighted by Crippen LogP contribution is -2.30. The molecular weight excluding hydrogens is 342 g/mol. The van der Waals surface area contributed by atoms with Gasteiger partial charge in [-0.25, -0.2) is 0 Å². The van der Waals surface area contributed by atoms with Gasteiger partial charge in [0.2, 0.25) is 11.3 Å². The van der Waals surface area contributed by atoms with Crippen LogP contribution in [0.2, 0.25) is 0 Å². The number of methoxy groups -OCH3 is 1. The van der Waals surface area contributed by atoms with Crippen molar-refractivity contribution in [3.05, 3.63) is 70.5 Å². The first-order valence-corrected chi connectivity index (χ1v) is 8.85. The molecule has 1 amide bonds. The normalized spacial score (nSPS) is 12.0. The average molecular weight is 365 g/mol. The lowest BCUT2D eigenvalue weighted by atomic mass is 10.1. The van der Waals surface area contributed by atoms with E-state index in [1.807, 2.05) is 49.4 Å². The molecule has 0 spiro atoms. The minimum absolute atomic E-state index is 0.0166. The van der Waals surface area contributed by atoms with Crippen LogP contribution in [-0.4, -0.2) is 34.7 Å². The molecule has 0 saturated carbocycles. The van der Waals surface area contributed by atoms with E-state index in [-0.39, 0.29) is 17.4 Å². The largest absolute Gasteiger partial charge is 0.497 e. The second-order valence-electron chi connectivity index (χ2n) is 6.45. The second-order valence-corrected chi connectivity index (χ2v) is 6.45. The summed E-state index contributed by atoms with van der Waals surface area (Å²) in [4.78, 5) is 26.3. The summed E-state index contributed by atoms with van der Waals surface area (Å²) in [5.41, 5.74) is 1.67. The smallest absolute Gasteiger partial charge is 0.224 e. The Hall–Kier alpha value is -3.15. The molecule has 6 nitrogen and oxygen atoms in total. The summed E-state index contributed by atoms with van der Waals surface area (Å²) < 4.78 is 6.88. The summed E-state index contributed by atoms with van der Waals surface area (Å²) in [6, 6.07) is 15.0. The molecule has 3 aromatic rings. The summed E-state index contributed by atoms with van der Waals surface area (Å²) in [6.45, 7) is 2.41. The molecule has 6 heteroatoms. The zero-order chi connectivity index (χ0) is 19.4. The number of aromatic nitrogens is 2.